The molecule has 184 valence electrons. The fourth-order valence-corrected chi connectivity index (χ4v) is 4.19. The van der Waals surface area contributed by atoms with E-state index in [9.17, 15) is 4.39 Å². The van der Waals surface area contributed by atoms with Crippen LogP contribution in [0.5, 0.6) is 5.75 Å². The molecule has 5 aromatic heterocycles. The van der Waals surface area contributed by atoms with Crippen LogP contribution in [0.1, 0.15) is 0 Å². The Kier molecular flexibility index (Phi) is 5.78. The van der Waals surface area contributed by atoms with Crippen LogP contribution in [0.3, 0.4) is 0 Å². The average molecular weight is 495 g/mol. The maximum atomic E-state index is 14.5. The number of pyridine rings is 3. The monoisotopic (exact) mass is 494 g/mol. The van der Waals surface area contributed by atoms with Crippen molar-refractivity contribution < 1.29 is 9.13 Å². The normalized spacial score (nSPS) is 11.6. The first-order valence-corrected chi connectivity index (χ1v) is 11.7. The number of H-pyrrole nitrogens is 2. The smallest absolute Gasteiger partial charge is 0.178 e. The van der Waals surface area contributed by atoms with Crippen molar-refractivity contribution in [1.82, 2.24) is 40.0 Å². The summed E-state index contributed by atoms with van der Waals surface area (Å²) >= 11 is 0. The number of aromatic nitrogens is 7. The largest absolute Gasteiger partial charge is 0.492 e. The molecule has 0 saturated heterocycles. The lowest BCUT2D eigenvalue weighted by atomic mass is 10.1. The van der Waals surface area contributed by atoms with Crippen molar-refractivity contribution in [3.05, 3.63) is 73.1 Å². The maximum Gasteiger partial charge on any atom is 0.178 e. The minimum Gasteiger partial charge on any atom is -0.492 e. The highest BCUT2D eigenvalue weighted by Crippen LogP contribution is 2.33. The number of benzene rings is 1. The Bertz CT molecular complexity index is 1710. The summed E-state index contributed by atoms with van der Waals surface area (Å²) in [5.41, 5.74) is 5.79. The van der Waals surface area contributed by atoms with Crippen LogP contribution in [0.25, 0.3) is 56.0 Å². The minimum atomic E-state index is -0.378. The highest BCUT2D eigenvalue weighted by atomic mass is 19.1. The number of nitrogens with zero attached hydrogens (tertiary/aromatic N) is 6. The number of ether oxygens (including phenoxy) is 1. The molecule has 0 aliphatic rings. The van der Waals surface area contributed by atoms with E-state index in [-0.39, 0.29) is 5.82 Å². The lowest BCUT2D eigenvalue weighted by Crippen LogP contribution is -2.19. The van der Waals surface area contributed by atoms with Gasteiger partial charge < -0.3 is 14.6 Å². The van der Waals surface area contributed by atoms with Gasteiger partial charge in [0, 0.05) is 47.7 Å². The first-order valence-electron chi connectivity index (χ1n) is 11.7. The Hall–Kier alpha value is -4.70. The van der Waals surface area contributed by atoms with E-state index >= 15 is 0 Å². The van der Waals surface area contributed by atoms with Gasteiger partial charge >= 0.3 is 0 Å². The number of likely N-dealkylation sites (N-methyl/N-ethyl adjacent to an activating group) is 1. The Balaban J connectivity index is 1.41. The number of aromatic amines is 2. The van der Waals surface area contributed by atoms with Crippen molar-refractivity contribution >= 4 is 22.1 Å². The molecule has 0 atom stereocenters. The molecule has 0 fully saturated rings. The Labute approximate surface area is 211 Å². The highest BCUT2D eigenvalue weighted by Gasteiger charge is 2.17. The van der Waals surface area contributed by atoms with Gasteiger partial charge in [-0.2, -0.15) is 5.10 Å². The van der Waals surface area contributed by atoms with Gasteiger partial charge in [-0.3, -0.25) is 15.1 Å². The molecular weight excluding hydrogens is 471 g/mol. The number of hydrogen-bond acceptors (Lipinski definition) is 7. The van der Waals surface area contributed by atoms with Gasteiger partial charge in [0.2, 0.25) is 0 Å². The Morgan fingerprint density at radius 1 is 0.973 bits per heavy atom. The molecule has 5 heterocycles. The second kappa shape index (κ2) is 9.40. The molecular formula is C27H23FN8O. The molecule has 0 spiro atoms. The van der Waals surface area contributed by atoms with Crippen LogP contribution in [0.2, 0.25) is 0 Å². The number of halogens is 1. The number of imidazole rings is 1. The van der Waals surface area contributed by atoms with Gasteiger partial charge in [0.05, 0.1) is 22.9 Å². The summed E-state index contributed by atoms with van der Waals surface area (Å²) in [7, 11) is 3.92. The van der Waals surface area contributed by atoms with E-state index in [0.29, 0.717) is 40.6 Å². The van der Waals surface area contributed by atoms with Crippen LogP contribution >= 0.6 is 0 Å². The summed E-state index contributed by atoms with van der Waals surface area (Å²) in [5.74, 6) is 0.638. The molecule has 6 aromatic rings. The third-order valence-corrected chi connectivity index (χ3v) is 6.03. The van der Waals surface area contributed by atoms with Gasteiger partial charge in [0.1, 0.15) is 23.9 Å². The number of nitrogens with one attached hydrogen (secondary N) is 2. The van der Waals surface area contributed by atoms with Crippen LogP contribution in [0.15, 0.2) is 67.3 Å². The van der Waals surface area contributed by atoms with Crippen LogP contribution in [-0.2, 0) is 0 Å². The Morgan fingerprint density at radius 2 is 1.84 bits per heavy atom. The van der Waals surface area contributed by atoms with E-state index < -0.39 is 0 Å². The third kappa shape index (κ3) is 4.50. The van der Waals surface area contributed by atoms with Crippen molar-refractivity contribution in [1.29, 1.82) is 0 Å². The van der Waals surface area contributed by atoms with Crippen molar-refractivity contribution in [2.45, 2.75) is 0 Å². The average Bonchev–Trinajstić information content (AvgIpc) is 3.52. The van der Waals surface area contributed by atoms with E-state index in [1.165, 1.54) is 12.1 Å². The zero-order chi connectivity index (χ0) is 25.4. The Morgan fingerprint density at radius 3 is 2.68 bits per heavy atom. The zero-order valence-corrected chi connectivity index (χ0v) is 20.2. The summed E-state index contributed by atoms with van der Waals surface area (Å²) in [6.45, 7) is 1.18. The standard InChI is InChI=1S/C27H23FN8O/c1-36(2)9-10-37-19-12-17(11-18(28)13-19)20-5-8-30-26-24(20)32-27(33-26)25-21-14-22(16-3-6-29-7-4-16)31-15-23(21)34-35-25/h3-8,11-15H,9-10H2,1-2H3,(H,34,35)(H,30,32,33). The number of rotatable bonds is 7. The van der Waals surface area contributed by atoms with E-state index in [0.717, 1.165) is 34.3 Å². The molecule has 6 rings (SSSR count). The van der Waals surface area contributed by atoms with E-state index in [2.05, 4.69) is 30.1 Å². The molecule has 9 nitrogen and oxygen atoms in total. The topological polar surface area (TPSA) is 108 Å². The lowest BCUT2D eigenvalue weighted by molar-refractivity contribution is 0.260. The minimum absolute atomic E-state index is 0.378. The summed E-state index contributed by atoms with van der Waals surface area (Å²) in [6.07, 6.45) is 6.87. The van der Waals surface area contributed by atoms with Crippen molar-refractivity contribution in [3.8, 4) is 39.7 Å². The third-order valence-electron chi connectivity index (χ3n) is 6.03. The molecule has 0 aliphatic heterocycles. The van der Waals surface area contributed by atoms with Crippen molar-refractivity contribution in [3.63, 3.8) is 0 Å². The van der Waals surface area contributed by atoms with E-state index in [4.69, 9.17) is 9.72 Å². The first-order chi connectivity index (χ1) is 18.0. The molecule has 10 heteroatoms. The molecule has 0 unspecified atom stereocenters. The quantitative estimate of drug-likeness (QED) is 0.331. The molecule has 37 heavy (non-hydrogen) atoms. The van der Waals surface area contributed by atoms with Crippen LogP contribution in [0.4, 0.5) is 4.39 Å². The predicted octanol–water partition coefficient (Wildman–Crippen LogP) is 4.70. The fraction of sp³-hybridized carbons (Fsp3) is 0.148. The van der Waals surface area contributed by atoms with Crippen LogP contribution < -0.4 is 4.74 Å². The fourth-order valence-electron chi connectivity index (χ4n) is 4.19. The molecule has 2 N–H and O–H groups in total. The lowest BCUT2D eigenvalue weighted by Gasteiger charge is -2.12. The molecule has 1 aromatic carbocycles. The summed E-state index contributed by atoms with van der Waals surface area (Å²) in [5, 5.41) is 8.38. The predicted molar refractivity (Wildman–Crippen MR) is 139 cm³/mol. The second-order valence-corrected chi connectivity index (χ2v) is 8.89. The zero-order valence-electron chi connectivity index (χ0n) is 20.2. The molecule has 0 radical (unpaired) electrons. The van der Waals surface area contributed by atoms with Gasteiger partial charge in [-0.15, -0.1) is 0 Å². The molecule has 0 bridgehead atoms. The number of fused-ring (bicyclic) bond motifs is 2. The summed E-state index contributed by atoms with van der Waals surface area (Å²) < 4.78 is 20.3. The van der Waals surface area contributed by atoms with Gasteiger partial charge in [-0.1, -0.05) is 0 Å². The highest BCUT2D eigenvalue weighted by molar-refractivity contribution is 5.96. The first kappa shape index (κ1) is 22.7. The van der Waals surface area contributed by atoms with E-state index in [1.54, 1.807) is 24.8 Å². The van der Waals surface area contributed by atoms with Gasteiger partial charge in [-0.05, 0) is 56.1 Å². The van der Waals surface area contributed by atoms with Crippen LogP contribution in [-0.4, -0.2) is 67.3 Å². The maximum absolute atomic E-state index is 14.5. The summed E-state index contributed by atoms with van der Waals surface area (Å²) in [4.78, 5) is 23.1. The van der Waals surface area contributed by atoms with Crippen LogP contribution in [0, 0.1) is 5.82 Å². The van der Waals surface area contributed by atoms with Gasteiger partial charge in [0.25, 0.3) is 0 Å². The molecule has 0 saturated carbocycles. The van der Waals surface area contributed by atoms with Crippen molar-refractivity contribution in [2.24, 2.45) is 0 Å². The van der Waals surface area contributed by atoms with Gasteiger partial charge in [0.15, 0.2) is 11.5 Å². The molecule has 0 aliphatic carbocycles. The summed E-state index contributed by atoms with van der Waals surface area (Å²) in [6, 6.07) is 12.3. The van der Waals surface area contributed by atoms with Crippen molar-refractivity contribution in [2.75, 3.05) is 27.2 Å². The SMILES string of the molecule is CN(C)CCOc1cc(F)cc(-c2ccnc3nc(-c4n[nH]c5cnc(-c6ccncc6)cc45)[nH]c23)c1. The molecule has 0 amide bonds. The van der Waals surface area contributed by atoms with E-state index in [1.807, 2.05) is 49.3 Å². The second-order valence-electron chi connectivity index (χ2n) is 8.89. The number of hydrogen-bond donors (Lipinski definition) is 2. The van der Waals surface area contributed by atoms with Gasteiger partial charge in [-0.25, -0.2) is 14.4 Å².